The summed E-state index contributed by atoms with van der Waals surface area (Å²) in [6.07, 6.45) is 2.17. The van der Waals surface area contributed by atoms with Crippen LogP contribution >= 0.6 is 0 Å². The molecule has 0 aromatic carbocycles. The first-order chi connectivity index (χ1) is 9.50. The minimum Gasteiger partial charge on any atom is -0.477 e. The summed E-state index contributed by atoms with van der Waals surface area (Å²) in [6.45, 7) is 2.12. The molecule has 1 aliphatic heterocycles. The predicted molar refractivity (Wildman–Crippen MR) is 71.4 cm³/mol. The SMILES string of the molecule is Cc1cc(=O)oc2c(C(=O)O)c3n(c(=O)c12)CCCC3. The van der Waals surface area contributed by atoms with Crippen LogP contribution in [0.5, 0.6) is 0 Å². The van der Waals surface area contributed by atoms with Gasteiger partial charge in [-0.3, -0.25) is 4.79 Å². The molecule has 2 aromatic heterocycles. The van der Waals surface area contributed by atoms with Gasteiger partial charge in [0.05, 0.1) is 5.39 Å². The van der Waals surface area contributed by atoms with E-state index in [-0.39, 0.29) is 22.1 Å². The number of fused-ring (bicyclic) bond motifs is 2. The number of aromatic carboxylic acids is 1. The molecule has 0 radical (unpaired) electrons. The Kier molecular flexibility index (Phi) is 2.74. The summed E-state index contributed by atoms with van der Waals surface area (Å²) in [6, 6.07) is 1.21. The molecule has 0 spiro atoms. The van der Waals surface area contributed by atoms with Crippen LogP contribution in [0.4, 0.5) is 0 Å². The van der Waals surface area contributed by atoms with E-state index in [0.29, 0.717) is 24.2 Å². The zero-order valence-corrected chi connectivity index (χ0v) is 10.9. The van der Waals surface area contributed by atoms with Gasteiger partial charge in [0.15, 0.2) is 5.58 Å². The molecule has 6 heteroatoms. The highest BCUT2D eigenvalue weighted by Gasteiger charge is 2.26. The highest BCUT2D eigenvalue weighted by molar-refractivity contribution is 6.02. The highest BCUT2D eigenvalue weighted by atomic mass is 16.4. The van der Waals surface area contributed by atoms with E-state index in [1.807, 2.05) is 0 Å². The van der Waals surface area contributed by atoms with Crippen LogP contribution in [0.1, 0.15) is 34.5 Å². The maximum atomic E-state index is 12.5. The Balaban J connectivity index is 2.61. The average molecular weight is 275 g/mol. The molecule has 1 N–H and O–H groups in total. The topological polar surface area (TPSA) is 89.5 Å². The number of carboxylic acid groups (broad SMARTS) is 1. The lowest BCUT2D eigenvalue weighted by Crippen LogP contribution is -2.30. The quantitative estimate of drug-likeness (QED) is 0.847. The van der Waals surface area contributed by atoms with Crippen LogP contribution in [0.15, 0.2) is 20.1 Å². The number of nitrogens with zero attached hydrogens (tertiary/aromatic N) is 1. The highest BCUT2D eigenvalue weighted by Crippen LogP contribution is 2.25. The molecule has 1 aliphatic rings. The Morgan fingerprint density at radius 1 is 1.35 bits per heavy atom. The van der Waals surface area contributed by atoms with Gasteiger partial charge in [0.25, 0.3) is 5.56 Å². The lowest BCUT2D eigenvalue weighted by atomic mass is 10.00. The maximum absolute atomic E-state index is 12.5. The number of aromatic nitrogens is 1. The molecule has 0 unspecified atom stereocenters. The third-order valence-electron chi connectivity index (χ3n) is 3.72. The van der Waals surface area contributed by atoms with Gasteiger partial charge in [-0.05, 0) is 31.7 Å². The van der Waals surface area contributed by atoms with Crippen LogP contribution < -0.4 is 11.2 Å². The van der Waals surface area contributed by atoms with E-state index >= 15 is 0 Å². The van der Waals surface area contributed by atoms with E-state index in [2.05, 4.69) is 0 Å². The number of aryl methyl sites for hydroxylation is 1. The largest absolute Gasteiger partial charge is 0.477 e. The first-order valence-corrected chi connectivity index (χ1v) is 6.44. The number of carboxylic acids is 1. The number of hydrogen-bond acceptors (Lipinski definition) is 4. The van der Waals surface area contributed by atoms with E-state index in [9.17, 15) is 19.5 Å². The summed E-state index contributed by atoms with van der Waals surface area (Å²) in [5, 5.41) is 9.62. The van der Waals surface area contributed by atoms with Gasteiger partial charge in [0.2, 0.25) is 0 Å². The van der Waals surface area contributed by atoms with Crippen molar-refractivity contribution in [2.45, 2.75) is 32.7 Å². The van der Waals surface area contributed by atoms with Crippen LogP contribution in [-0.2, 0) is 13.0 Å². The minimum atomic E-state index is -1.17. The standard InChI is InChI=1S/C14H13NO5/c1-7-6-9(16)20-12-10(7)13(17)15-5-3-2-4-8(15)11(12)14(18)19/h6H,2-5H2,1H3,(H,18,19). The molecular weight excluding hydrogens is 262 g/mol. The van der Waals surface area contributed by atoms with E-state index in [0.717, 1.165) is 12.8 Å². The van der Waals surface area contributed by atoms with Crippen molar-refractivity contribution in [1.29, 1.82) is 0 Å². The molecule has 0 fully saturated rings. The predicted octanol–water partition coefficient (Wildman–Crippen LogP) is 1.30. The van der Waals surface area contributed by atoms with Gasteiger partial charge in [0.1, 0.15) is 5.56 Å². The van der Waals surface area contributed by atoms with E-state index < -0.39 is 11.6 Å². The second kappa shape index (κ2) is 4.33. The molecule has 0 aliphatic carbocycles. The van der Waals surface area contributed by atoms with Crippen molar-refractivity contribution in [3.05, 3.63) is 43.7 Å². The molecule has 0 atom stereocenters. The fourth-order valence-corrected chi connectivity index (χ4v) is 2.85. The molecule has 0 saturated heterocycles. The van der Waals surface area contributed by atoms with Crippen molar-refractivity contribution in [3.63, 3.8) is 0 Å². The van der Waals surface area contributed by atoms with Crippen molar-refractivity contribution in [1.82, 2.24) is 4.57 Å². The first kappa shape index (κ1) is 12.7. The normalized spacial score (nSPS) is 14.2. The number of pyridine rings is 1. The minimum absolute atomic E-state index is 0.0555. The molecular formula is C14H13NO5. The maximum Gasteiger partial charge on any atom is 0.341 e. The Labute approximate surface area is 113 Å². The molecule has 2 aromatic rings. The smallest absolute Gasteiger partial charge is 0.341 e. The van der Waals surface area contributed by atoms with E-state index in [1.165, 1.54) is 10.6 Å². The van der Waals surface area contributed by atoms with Gasteiger partial charge in [0, 0.05) is 18.3 Å². The molecule has 20 heavy (non-hydrogen) atoms. The molecule has 0 saturated carbocycles. The number of hydrogen-bond donors (Lipinski definition) is 1. The number of rotatable bonds is 1. The van der Waals surface area contributed by atoms with Crippen molar-refractivity contribution in [2.75, 3.05) is 0 Å². The van der Waals surface area contributed by atoms with Gasteiger partial charge in [-0.2, -0.15) is 0 Å². The lowest BCUT2D eigenvalue weighted by molar-refractivity contribution is 0.0694. The van der Waals surface area contributed by atoms with Crippen LogP contribution in [0.2, 0.25) is 0 Å². The fraction of sp³-hybridized carbons (Fsp3) is 0.357. The molecule has 3 rings (SSSR count). The van der Waals surface area contributed by atoms with Crippen LogP contribution in [-0.4, -0.2) is 15.6 Å². The van der Waals surface area contributed by atoms with E-state index in [1.54, 1.807) is 6.92 Å². The van der Waals surface area contributed by atoms with E-state index in [4.69, 9.17) is 4.42 Å². The van der Waals surface area contributed by atoms with Crippen molar-refractivity contribution >= 4 is 16.9 Å². The van der Waals surface area contributed by atoms with Gasteiger partial charge >= 0.3 is 11.6 Å². The Hall–Kier alpha value is -2.37. The second-order valence-corrected chi connectivity index (χ2v) is 4.99. The molecule has 0 amide bonds. The fourth-order valence-electron chi connectivity index (χ4n) is 2.85. The summed E-state index contributed by atoms with van der Waals surface area (Å²) in [5.41, 5.74) is -0.168. The van der Waals surface area contributed by atoms with Gasteiger partial charge in [-0.15, -0.1) is 0 Å². The third kappa shape index (κ3) is 1.68. The molecule has 104 valence electrons. The zero-order valence-electron chi connectivity index (χ0n) is 10.9. The van der Waals surface area contributed by atoms with Crippen molar-refractivity contribution in [2.24, 2.45) is 0 Å². The van der Waals surface area contributed by atoms with Crippen LogP contribution in [0.3, 0.4) is 0 Å². The second-order valence-electron chi connectivity index (χ2n) is 4.99. The Morgan fingerprint density at radius 2 is 2.10 bits per heavy atom. The van der Waals surface area contributed by atoms with Crippen LogP contribution in [0.25, 0.3) is 11.0 Å². The van der Waals surface area contributed by atoms with Crippen molar-refractivity contribution in [3.8, 4) is 0 Å². The Morgan fingerprint density at radius 3 is 2.80 bits per heavy atom. The first-order valence-electron chi connectivity index (χ1n) is 6.44. The molecule has 3 heterocycles. The van der Waals surface area contributed by atoms with Gasteiger partial charge in [-0.25, -0.2) is 9.59 Å². The van der Waals surface area contributed by atoms with Crippen molar-refractivity contribution < 1.29 is 14.3 Å². The average Bonchev–Trinajstić information content (AvgIpc) is 2.37. The van der Waals surface area contributed by atoms with Gasteiger partial charge < -0.3 is 14.1 Å². The molecule has 6 nitrogen and oxygen atoms in total. The summed E-state index contributed by atoms with van der Waals surface area (Å²) < 4.78 is 6.53. The van der Waals surface area contributed by atoms with Gasteiger partial charge in [-0.1, -0.05) is 0 Å². The summed E-state index contributed by atoms with van der Waals surface area (Å²) in [4.78, 5) is 35.5. The van der Waals surface area contributed by atoms with Crippen LogP contribution in [0, 0.1) is 6.92 Å². The zero-order chi connectivity index (χ0) is 14.4. The summed E-state index contributed by atoms with van der Waals surface area (Å²) >= 11 is 0. The Bertz CT molecular complexity index is 843. The monoisotopic (exact) mass is 275 g/mol. The lowest BCUT2D eigenvalue weighted by Gasteiger charge is -2.21. The number of carbonyl (C=O) groups is 1. The third-order valence-corrected chi connectivity index (χ3v) is 3.72. The molecule has 0 bridgehead atoms. The summed E-state index contributed by atoms with van der Waals surface area (Å²) in [7, 11) is 0. The summed E-state index contributed by atoms with van der Waals surface area (Å²) in [5.74, 6) is -1.17.